The highest BCUT2D eigenvalue weighted by molar-refractivity contribution is 7.12. The van der Waals surface area contributed by atoms with E-state index in [2.05, 4.69) is 18.8 Å². The number of amides is 1. The van der Waals surface area contributed by atoms with E-state index < -0.39 is 0 Å². The summed E-state index contributed by atoms with van der Waals surface area (Å²) in [4.78, 5) is 20.0. The van der Waals surface area contributed by atoms with Crippen molar-refractivity contribution in [2.75, 3.05) is 6.54 Å². The SMILES string of the molecule is CCCN(Cc1nc2ccc(F)cc2n1CCC)C(=O)c1cccs1. The molecule has 0 saturated carbocycles. The number of hydrogen-bond donors (Lipinski definition) is 0. The first-order valence-electron chi connectivity index (χ1n) is 8.61. The second-order valence-corrected chi connectivity index (χ2v) is 6.96. The number of fused-ring (bicyclic) bond motifs is 1. The number of nitrogens with zero attached hydrogens (tertiary/aromatic N) is 3. The molecule has 132 valence electrons. The number of halogens is 1. The van der Waals surface area contributed by atoms with Gasteiger partial charge in [-0.2, -0.15) is 0 Å². The van der Waals surface area contributed by atoms with Crippen LogP contribution in [0.15, 0.2) is 35.7 Å². The molecule has 3 aromatic rings. The van der Waals surface area contributed by atoms with Crippen LogP contribution < -0.4 is 0 Å². The highest BCUT2D eigenvalue weighted by Crippen LogP contribution is 2.21. The predicted octanol–water partition coefficient (Wildman–Crippen LogP) is 4.70. The van der Waals surface area contributed by atoms with Crippen LogP contribution in [-0.4, -0.2) is 26.9 Å². The predicted molar refractivity (Wildman–Crippen MR) is 99.3 cm³/mol. The molecular weight excluding hydrogens is 337 g/mol. The lowest BCUT2D eigenvalue weighted by Crippen LogP contribution is -2.32. The van der Waals surface area contributed by atoms with Gasteiger partial charge >= 0.3 is 0 Å². The van der Waals surface area contributed by atoms with Crippen molar-refractivity contribution in [3.63, 3.8) is 0 Å². The minimum absolute atomic E-state index is 0.0261. The Labute approximate surface area is 150 Å². The molecule has 0 aliphatic rings. The van der Waals surface area contributed by atoms with Crippen LogP contribution >= 0.6 is 11.3 Å². The minimum Gasteiger partial charge on any atom is -0.330 e. The van der Waals surface area contributed by atoms with Gasteiger partial charge in [0.15, 0.2) is 0 Å². The Balaban J connectivity index is 1.96. The fourth-order valence-corrected chi connectivity index (χ4v) is 3.68. The second kappa shape index (κ2) is 7.78. The molecule has 0 bridgehead atoms. The lowest BCUT2D eigenvalue weighted by Gasteiger charge is -2.21. The van der Waals surface area contributed by atoms with Gasteiger partial charge in [-0.15, -0.1) is 11.3 Å². The van der Waals surface area contributed by atoms with E-state index in [1.165, 1.54) is 23.5 Å². The van der Waals surface area contributed by atoms with Crippen LogP contribution in [0.5, 0.6) is 0 Å². The van der Waals surface area contributed by atoms with Gasteiger partial charge in [-0.05, 0) is 42.5 Å². The summed E-state index contributed by atoms with van der Waals surface area (Å²) in [7, 11) is 0. The second-order valence-electron chi connectivity index (χ2n) is 6.02. The smallest absolute Gasteiger partial charge is 0.264 e. The average Bonchev–Trinajstić information content (AvgIpc) is 3.23. The van der Waals surface area contributed by atoms with Gasteiger partial charge in [-0.3, -0.25) is 4.79 Å². The zero-order valence-corrected chi connectivity index (χ0v) is 15.4. The van der Waals surface area contributed by atoms with Gasteiger partial charge in [-0.25, -0.2) is 9.37 Å². The van der Waals surface area contributed by atoms with Crippen LogP contribution in [0.4, 0.5) is 4.39 Å². The number of aromatic nitrogens is 2. The molecule has 0 atom stereocenters. The molecule has 1 aromatic carbocycles. The van der Waals surface area contributed by atoms with Crippen LogP contribution in [0.3, 0.4) is 0 Å². The molecule has 3 rings (SSSR count). The summed E-state index contributed by atoms with van der Waals surface area (Å²) in [5.74, 6) is 0.565. The third-order valence-corrected chi connectivity index (χ3v) is 4.94. The Morgan fingerprint density at radius 3 is 2.80 bits per heavy atom. The molecular formula is C19H22FN3OS. The van der Waals surface area contributed by atoms with Crippen molar-refractivity contribution in [2.45, 2.75) is 39.8 Å². The van der Waals surface area contributed by atoms with Crippen LogP contribution in [0.1, 0.15) is 42.2 Å². The van der Waals surface area contributed by atoms with Gasteiger partial charge in [-0.1, -0.05) is 19.9 Å². The lowest BCUT2D eigenvalue weighted by atomic mass is 10.3. The highest BCUT2D eigenvalue weighted by atomic mass is 32.1. The van der Waals surface area contributed by atoms with E-state index in [0.717, 1.165) is 41.1 Å². The van der Waals surface area contributed by atoms with E-state index >= 15 is 0 Å². The van der Waals surface area contributed by atoms with Gasteiger partial charge in [0.05, 0.1) is 22.5 Å². The largest absolute Gasteiger partial charge is 0.330 e. The Hall–Kier alpha value is -2.21. The van der Waals surface area contributed by atoms with Crippen molar-refractivity contribution < 1.29 is 9.18 Å². The molecule has 0 unspecified atom stereocenters. The van der Waals surface area contributed by atoms with Crippen molar-refractivity contribution >= 4 is 28.3 Å². The van der Waals surface area contributed by atoms with E-state index in [1.807, 2.05) is 27.0 Å². The van der Waals surface area contributed by atoms with E-state index in [4.69, 9.17) is 0 Å². The van der Waals surface area contributed by atoms with Crippen molar-refractivity contribution in [3.05, 3.63) is 52.2 Å². The van der Waals surface area contributed by atoms with E-state index in [1.54, 1.807) is 6.07 Å². The van der Waals surface area contributed by atoms with Gasteiger partial charge in [0.2, 0.25) is 0 Å². The number of imidazole rings is 1. The van der Waals surface area contributed by atoms with Gasteiger partial charge in [0.1, 0.15) is 11.6 Å². The first kappa shape index (κ1) is 17.6. The van der Waals surface area contributed by atoms with Crippen molar-refractivity contribution in [2.24, 2.45) is 0 Å². The molecule has 25 heavy (non-hydrogen) atoms. The quantitative estimate of drug-likeness (QED) is 0.613. The zero-order valence-electron chi connectivity index (χ0n) is 14.5. The van der Waals surface area contributed by atoms with Crippen molar-refractivity contribution in [1.29, 1.82) is 0 Å². The van der Waals surface area contributed by atoms with Gasteiger partial charge in [0, 0.05) is 13.1 Å². The third-order valence-electron chi connectivity index (χ3n) is 4.08. The molecule has 1 amide bonds. The van der Waals surface area contributed by atoms with Crippen LogP contribution in [0.25, 0.3) is 11.0 Å². The molecule has 0 N–H and O–H groups in total. The maximum atomic E-state index is 13.7. The lowest BCUT2D eigenvalue weighted by molar-refractivity contribution is 0.0742. The molecule has 0 radical (unpaired) electrons. The number of rotatable bonds is 7. The van der Waals surface area contributed by atoms with Gasteiger partial charge < -0.3 is 9.47 Å². The zero-order chi connectivity index (χ0) is 17.8. The van der Waals surface area contributed by atoms with E-state index in [-0.39, 0.29) is 11.7 Å². The maximum absolute atomic E-state index is 13.7. The fourth-order valence-electron chi connectivity index (χ4n) is 2.99. The Bertz CT molecular complexity index is 857. The molecule has 2 aromatic heterocycles. The maximum Gasteiger partial charge on any atom is 0.264 e. The molecule has 0 fully saturated rings. The molecule has 2 heterocycles. The summed E-state index contributed by atoms with van der Waals surface area (Å²) in [6.45, 7) is 5.98. The average molecular weight is 359 g/mol. The summed E-state index contributed by atoms with van der Waals surface area (Å²) < 4.78 is 15.7. The molecule has 4 nitrogen and oxygen atoms in total. The Morgan fingerprint density at radius 2 is 2.12 bits per heavy atom. The monoisotopic (exact) mass is 359 g/mol. The summed E-state index contributed by atoms with van der Waals surface area (Å²) in [6.07, 6.45) is 1.79. The summed E-state index contributed by atoms with van der Waals surface area (Å²) in [6, 6.07) is 8.38. The summed E-state index contributed by atoms with van der Waals surface area (Å²) >= 11 is 1.45. The third kappa shape index (κ3) is 3.74. The van der Waals surface area contributed by atoms with E-state index in [9.17, 15) is 9.18 Å². The molecule has 0 saturated heterocycles. The number of benzene rings is 1. The highest BCUT2D eigenvalue weighted by Gasteiger charge is 2.20. The number of carbonyl (C=O) groups excluding carboxylic acids is 1. The fraction of sp³-hybridized carbons (Fsp3) is 0.368. The standard InChI is InChI=1S/C19H22FN3OS/c1-3-9-22(19(24)17-6-5-11-25-17)13-18-21-15-8-7-14(20)12-16(15)23(18)10-4-2/h5-8,11-12H,3-4,9-10,13H2,1-2H3. The first-order chi connectivity index (χ1) is 12.1. The number of aryl methyl sites for hydroxylation is 1. The Kier molecular flexibility index (Phi) is 5.48. The number of carbonyl (C=O) groups is 1. The topological polar surface area (TPSA) is 38.1 Å². The normalized spacial score (nSPS) is 11.2. The first-order valence-corrected chi connectivity index (χ1v) is 9.49. The number of thiophene rings is 1. The molecule has 0 aliphatic heterocycles. The Morgan fingerprint density at radius 1 is 1.28 bits per heavy atom. The summed E-state index contributed by atoms with van der Waals surface area (Å²) in [5.41, 5.74) is 1.56. The van der Waals surface area contributed by atoms with Crippen molar-refractivity contribution in [1.82, 2.24) is 14.5 Å². The minimum atomic E-state index is -0.267. The van der Waals surface area contributed by atoms with E-state index in [0.29, 0.717) is 13.1 Å². The molecule has 6 heteroatoms. The van der Waals surface area contributed by atoms with Crippen molar-refractivity contribution in [3.8, 4) is 0 Å². The van der Waals surface area contributed by atoms with Crippen LogP contribution in [0.2, 0.25) is 0 Å². The summed E-state index contributed by atoms with van der Waals surface area (Å²) in [5, 5.41) is 1.91. The van der Waals surface area contributed by atoms with Crippen LogP contribution in [-0.2, 0) is 13.1 Å². The molecule has 0 spiro atoms. The van der Waals surface area contributed by atoms with Gasteiger partial charge in [0.25, 0.3) is 5.91 Å². The van der Waals surface area contributed by atoms with Crippen LogP contribution in [0, 0.1) is 5.82 Å². The molecule has 0 aliphatic carbocycles. The number of hydrogen-bond acceptors (Lipinski definition) is 3.